The fraction of sp³-hybridized carbons (Fsp3) is 0.400. The van der Waals surface area contributed by atoms with Crippen molar-refractivity contribution in [2.24, 2.45) is 0 Å². The molecule has 120 valence electrons. The molecule has 2 saturated heterocycles. The van der Waals surface area contributed by atoms with Crippen molar-refractivity contribution >= 4 is 34.4 Å². The Labute approximate surface area is 132 Å². The molecule has 1 aromatic heterocycles. The van der Waals surface area contributed by atoms with E-state index in [-0.39, 0.29) is 5.91 Å². The van der Waals surface area contributed by atoms with Crippen LogP contribution in [0.25, 0.3) is 11.0 Å². The smallest absolute Gasteiger partial charge is 0.328 e. The number of benzene rings is 1. The Morgan fingerprint density at radius 1 is 1.13 bits per heavy atom. The van der Waals surface area contributed by atoms with Gasteiger partial charge in [-0.15, -0.1) is 0 Å². The number of carbonyl (C=O) groups excluding carboxylic acids is 2. The van der Waals surface area contributed by atoms with Gasteiger partial charge < -0.3 is 14.7 Å². The van der Waals surface area contributed by atoms with Crippen LogP contribution >= 0.6 is 0 Å². The van der Waals surface area contributed by atoms with E-state index in [0.717, 1.165) is 37.4 Å². The summed E-state index contributed by atoms with van der Waals surface area (Å²) in [6, 6.07) is 5.18. The van der Waals surface area contributed by atoms with Crippen molar-refractivity contribution in [1.29, 1.82) is 0 Å². The molecule has 23 heavy (non-hydrogen) atoms. The summed E-state index contributed by atoms with van der Waals surface area (Å²) < 4.78 is 5.45. The first-order chi connectivity index (χ1) is 11.2. The molecule has 0 saturated carbocycles. The van der Waals surface area contributed by atoms with Gasteiger partial charge in [0.2, 0.25) is 5.91 Å². The molecule has 4 rings (SSSR count). The molecular weight excluding hydrogens is 298 g/mol. The minimum absolute atomic E-state index is 0.243. The van der Waals surface area contributed by atoms with Crippen LogP contribution in [0, 0.1) is 0 Å². The zero-order valence-corrected chi connectivity index (χ0v) is 12.5. The van der Waals surface area contributed by atoms with E-state index in [2.05, 4.69) is 20.7 Å². The second kappa shape index (κ2) is 5.54. The van der Waals surface area contributed by atoms with Gasteiger partial charge >= 0.3 is 6.03 Å². The van der Waals surface area contributed by atoms with Crippen LogP contribution in [0.4, 0.5) is 16.3 Å². The highest BCUT2D eigenvalue weighted by molar-refractivity contribution is 6.06. The molecule has 0 atom stereocenters. The second-order valence-corrected chi connectivity index (χ2v) is 5.68. The third-order valence-corrected chi connectivity index (χ3v) is 4.22. The molecule has 1 aromatic carbocycles. The molecule has 2 aliphatic heterocycles. The van der Waals surface area contributed by atoms with Crippen LogP contribution in [-0.2, 0) is 4.79 Å². The average Bonchev–Trinajstić information content (AvgIpc) is 2.99. The predicted octanol–water partition coefficient (Wildman–Crippen LogP) is 0.684. The number of hydrogen-bond acceptors (Lipinski definition) is 6. The Morgan fingerprint density at radius 3 is 2.74 bits per heavy atom. The number of fused-ring (bicyclic) bond motifs is 1. The molecule has 0 aliphatic carbocycles. The average molecular weight is 315 g/mol. The Kier molecular flexibility index (Phi) is 3.38. The van der Waals surface area contributed by atoms with Crippen molar-refractivity contribution in [3.05, 3.63) is 18.2 Å². The van der Waals surface area contributed by atoms with E-state index in [1.54, 1.807) is 6.07 Å². The molecule has 0 radical (unpaired) electrons. The summed E-state index contributed by atoms with van der Waals surface area (Å²) in [6.45, 7) is 4.00. The number of aromatic nitrogens is 1. The highest BCUT2D eigenvalue weighted by Crippen LogP contribution is 2.30. The Morgan fingerprint density at radius 2 is 1.96 bits per heavy atom. The number of carbonyl (C=O) groups is 2. The third kappa shape index (κ3) is 2.50. The van der Waals surface area contributed by atoms with Crippen LogP contribution < -0.4 is 20.4 Å². The second-order valence-electron chi connectivity index (χ2n) is 5.68. The normalized spacial score (nSPS) is 19.3. The van der Waals surface area contributed by atoms with E-state index < -0.39 is 6.03 Å². The van der Waals surface area contributed by atoms with Crippen LogP contribution in [0.3, 0.4) is 0 Å². The number of anilines is 2. The van der Waals surface area contributed by atoms with E-state index >= 15 is 0 Å². The maximum Gasteiger partial charge on any atom is 0.328 e. The lowest BCUT2D eigenvalue weighted by Gasteiger charge is -2.27. The molecule has 2 aromatic rings. The number of amides is 3. The molecule has 2 N–H and O–H groups in total. The summed E-state index contributed by atoms with van der Waals surface area (Å²) in [7, 11) is 0. The van der Waals surface area contributed by atoms with Crippen molar-refractivity contribution in [2.45, 2.75) is 6.42 Å². The van der Waals surface area contributed by atoms with Gasteiger partial charge in [-0.25, -0.2) is 4.79 Å². The largest absolute Gasteiger partial charge is 0.354 e. The lowest BCUT2D eigenvalue weighted by molar-refractivity contribution is -0.120. The molecular formula is C15H17N5O3. The van der Waals surface area contributed by atoms with Gasteiger partial charge in [0.15, 0.2) is 11.4 Å². The van der Waals surface area contributed by atoms with E-state index in [9.17, 15) is 9.59 Å². The van der Waals surface area contributed by atoms with Crippen molar-refractivity contribution < 1.29 is 14.1 Å². The van der Waals surface area contributed by atoms with Crippen LogP contribution in [0.2, 0.25) is 0 Å². The molecule has 0 spiro atoms. The maximum atomic E-state index is 11.9. The number of imide groups is 1. The summed E-state index contributed by atoms with van der Waals surface area (Å²) in [5.41, 5.74) is 1.34. The molecule has 0 bridgehead atoms. The number of piperazine rings is 1. The monoisotopic (exact) mass is 315 g/mol. The number of rotatable bonds is 2. The minimum Gasteiger partial charge on any atom is -0.354 e. The highest BCUT2D eigenvalue weighted by atomic mass is 16.5. The molecule has 0 unspecified atom stereocenters. The third-order valence-electron chi connectivity index (χ3n) is 4.22. The van der Waals surface area contributed by atoms with Crippen molar-refractivity contribution in [3.63, 3.8) is 0 Å². The van der Waals surface area contributed by atoms with Crippen LogP contribution in [0.5, 0.6) is 0 Å². The SMILES string of the molecule is O=C1CCN(c2ccc3c(N4CCNCC4)noc3c2)C(=O)N1. The fourth-order valence-corrected chi connectivity index (χ4v) is 3.00. The Hall–Kier alpha value is -2.61. The predicted molar refractivity (Wildman–Crippen MR) is 84.6 cm³/mol. The summed E-state index contributed by atoms with van der Waals surface area (Å²) >= 11 is 0. The minimum atomic E-state index is -0.401. The van der Waals surface area contributed by atoms with E-state index in [1.165, 1.54) is 4.90 Å². The molecule has 8 nitrogen and oxygen atoms in total. The first-order valence-electron chi connectivity index (χ1n) is 7.69. The van der Waals surface area contributed by atoms with Gasteiger partial charge in [0, 0.05) is 50.9 Å². The molecule has 3 amide bonds. The van der Waals surface area contributed by atoms with Crippen molar-refractivity contribution in [1.82, 2.24) is 15.8 Å². The lowest BCUT2D eigenvalue weighted by Crippen LogP contribution is -2.49. The van der Waals surface area contributed by atoms with E-state index in [1.807, 2.05) is 12.1 Å². The molecule has 2 aliphatic rings. The quantitative estimate of drug-likeness (QED) is 0.847. The van der Waals surface area contributed by atoms with Crippen molar-refractivity contribution in [3.8, 4) is 0 Å². The van der Waals surface area contributed by atoms with Gasteiger partial charge in [0.1, 0.15) is 0 Å². The first kappa shape index (κ1) is 14.0. The van der Waals surface area contributed by atoms with Crippen LogP contribution in [0.15, 0.2) is 22.7 Å². The van der Waals surface area contributed by atoms with Gasteiger partial charge in [-0.3, -0.25) is 15.0 Å². The summed E-state index contributed by atoms with van der Waals surface area (Å²) in [6.07, 6.45) is 0.298. The molecule has 2 fully saturated rings. The van der Waals surface area contributed by atoms with Gasteiger partial charge in [0.05, 0.1) is 5.39 Å². The number of urea groups is 1. The van der Waals surface area contributed by atoms with Gasteiger partial charge in [-0.05, 0) is 12.1 Å². The molecule has 8 heteroatoms. The topological polar surface area (TPSA) is 90.7 Å². The Bertz CT molecular complexity index is 766. The van der Waals surface area contributed by atoms with Crippen molar-refractivity contribution in [2.75, 3.05) is 42.5 Å². The Balaban J connectivity index is 1.64. The van der Waals surface area contributed by atoms with Gasteiger partial charge in [-0.2, -0.15) is 0 Å². The fourth-order valence-electron chi connectivity index (χ4n) is 3.00. The van der Waals surface area contributed by atoms with Gasteiger partial charge in [-0.1, -0.05) is 5.16 Å². The summed E-state index contributed by atoms with van der Waals surface area (Å²) in [5.74, 6) is 0.597. The lowest BCUT2D eigenvalue weighted by atomic mass is 10.2. The first-order valence-corrected chi connectivity index (χ1v) is 7.69. The van der Waals surface area contributed by atoms with Crippen LogP contribution in [0.1, 0.15) is 6.42 Å². The van der Waals surface area contributed by atoms with Gasteiger partial charge in [0.25, 0.3) is 0 Å². The molecule has 3 heterocycles. The zero-order valence-electron chi connectivity index (χ0n) is 12.5. The highest BCUT2D eigenvalue weighted by Gasteiger charge is 2.25. The summed E-state index contributed by atoms with van der Waals surface area (Å²) in [5, 5.41) is 10.7. The number of nitrogens with one attached hydrogen (secondary N) is 2. The maximum absolute atomic E-state index is 11.9. The van der Waals surface area contributed by atoms with Crippen LogP contribution in [-0.4, -0.2) is 49.8 Å². The van der Waals surface area contributed by atoms with E-state index in [0.29, 0.717) is 24.2 Å². The summed E-state index contributed by atoms with van der Waals surface area (Å²) in [4.78, 5) is 26.9. The number of hydrogen-bond donors (Lipinski definition) is 2. The number of nitrogens with zero attached hydrogens (tertiary/aromatic N) is 3. The zero-order chi connectivity index (χ0) is 15.8. The van der Waals surface area contributed by atoms with E-state index in [4.69, 9.17) is 4.52 Å². The standard InChI is InChI=1S/C15H17N5O3/c21-13-3-6-20(15(22)17-13)10-1-2-11-12(9-10)23-18-14(11)19-7-4-16-5-8-19/h1-2,9,16H,3-8H2,(H,17,21,22).